The SMILES string of the molecule is CCCCCN1NC(=O)C2(CCCC2)C1=O. The molecule has 1 aliphatic carbocycles. The Balaban J connectivity index is 1.99. The number of carbonyl (C=O) groups is 2. The first-order chi connectivity index (χ1) is 7.70. The van der Waals surface area contributed by atoms with Crippen LogP contribution in [0.2, 0.25) is 0 Å². The van der Waals surface area contributed by atoms with Crippen LogP contribution in [-0.4, -0.2) is 23.4 Å². The van der Waals surface area contributed by atoms with Gasteiger partial charge in [-0.2, -0.15) is 0 Å². The maximum absolute atomic E-state index is 12.2. The number of carbonyl (C=O) groups excluding carboxylic acids is 2. The first-order valence-electron chi connectivity index (χ1n) is 6.34. The van der Waals surface area contributed by atoms with E-state index in [0.29, 0.717) is 6.54 Å². The van der Waals surface area contributed by atoms with Gasteiger partial charge in [0.15, 0.2) is 0 Å². The Morgan fingerprint density at radius 1 is 1.25 bits per heavy atom. The minimum Gasteiger partial charge on any atom is -0.272 e. The van der Waals surface area contributed by atoms with Gasteiger partial charge < -0.3 is 0 Å². The van der Waals surface area contributed by atoms with Crippen LogP contribution in [0.25, 0.3) is 0 Å². The molecule has 1 spiro atoms. The maximum atomic E-state index is 12.2. The number of hydrogen-bond donors (Lipinski definition) is 1. The molecule has 0 aromatic rings. The smallest absolute Gasteiger partial charge is 0.256 e. The number of amides is 2. The average molecular weight is 224 g/mol. The zero-order valence-electron chi connectivity index (χ0n) is 9.92. The van der Waals surface area contributed by atoms with E-state index in [0.717, 1.165) is 44.9 Å². The second-order valence-corrected chi connectivity index (χ2v) is 4.89. The molecular weight excluding hydrogens is 204 g/mol. The molecule has 0 aromatic heterocycles. The van der Waals surface area contributed by atoms with Crippen LogP contribution in [0, 0.1) is 5.41 Å². The Bertz CT molecular complexity index is 295. The van der Waals surface area contributed by atoms with Crippen molar-refractivity contribution in [2.45, 2.75) is 51.9 Å². The predicted octanol–water partition coefficient (Wildman–Crippen LogP) is 1.61. The lowest BCUT2D eigenvalue weighted by atomic mass is 9.85. The monoisotopic (exact) mass is 224 g/mol. The quantitative estimate of drug-likeness (QED) is 0.582. The molecule has 0 bridgehead atoms. The summed E-state index contributed by atoms with van der Waals surface area (Å²) in [6, 6.07) is 0. The summed E-state index contributed by atoms with van der Waals surface area (Å²) >= 11 is 0. The normalized spacial score (nSPS) is 23.2. The molecule has 4 nitrogen and oxygen atoms in total. The average Bonchev–Trinajstić information content (AvgIpc) is 2.84. The van der Waals surface area contributed by atoms with E-state index in [2.05, 4.69) is 12.3 Å². The molecule has 1 heterocycles. The molecule has 1 saturated carbocycles. The third-order valence-corrected chi connectivity index (χ3v) is 3.77. The maximum Gasteiger partial charge on any atom is 0.256 e. The van der Waals surface area contributed by atoms with Gasteiger partial charge in [-0.3, -0.25) is 20.0 Å². The first kappa shape index (κ1) is 11.4. The molecular formula is C12H20N2O2. The van der Waals surface area contributed by atoms with Gasteiger partial charge in [0.25, 0.3) is 11.8 Å². The predicted molar refractivity (Wildman–Crippen MR) is 60.3 cm³/mol. The van der Waals surface area contributed by atoms with Crippen LogP contribution in [0.1, 0.15) is 51.9 Å². The van der Waals surface area contributed by atoms with Crippen LogP contribution in [-0.2, 0) is 9.59 Å². The molecule has 90 valence electrons. The molecule has 2 fully saturated rings. The summed E-state index contributed by atoms with van der Waals surface area (Å²) in [4.78, 5) is 24.1. The lowest BCUT2D eigenvalue weighted by Gasteiger charge is -2.18. The van der Waals surface area contributed by atoms with E-state index in [1.165, 1.54) is 0 Å². The summed E-state index contributed by atoms with van der Waals surface area (Å²) in [5.41, 5.74) is 2.05. The van der Waals surface area contributed by atoms with Gasteiger partial charge in [-0.15, -0.1) is 0 Å². The lowest BCUT2D eigenvalue weighted by molar-refractivity contribution is -0.139. The summed E-state index contributed by atoms with van der Waals surface area (Å²) in [5.74, 6) is -0.0439. The number of hydrazine groups is 1. The van der Waals surface area contributed by atoms with Crippen LogP contribution in [0.3, 0.4) is 0 Å². The van der Waals surface area contributed by atoms with E-state index < -0.39 is 5.41 Å². The van der Waals surface area contributed by atoms with Crippen molar-refractivity contribution in [2.24, 2.45) is 5.41 Å². The van der Waals surface area contributed by atoms with Gasteiger partial charge in [0, 0.05) is 6.54 Å². The fraction of sp³-hybridized carbons (Fsp3) is 0.833. The van der Waals surface area contributed by atoms with Crippen molar-refractivity contribution < 1.29 is 9.59 Å². The van der Waals surface area contributed by atoms with Crippen molar-refractivity contribution in [1.82, 2.24) is 10.4 Å². The van der Waals surface area contributed by atoms with E-state index in [-0.39, 0.29) is 11.8 Å². The van der Waals surface area contributed by atoms with E-state index in [1.54, 1.807) is 5.01 Å². The molecule has 0 atom stereocenters. The molecule has 0 unspecified atom stereocenters. The molecule has 1 aliphatic heterocycles. The highest BCUT2D eigenvalue weighted by Gasteiger charge is 2.55. The number of rotatable bonds is 4. The fourth-order valence-electron chi connectivity index (χ4n) is 2.73. The highest BCUT2D eigenvalue weighted by Crippen LogP contribution is 2.42. The number of unbranched alkanes of at least 4 members (excludes halogenated alkanes) is 2. The standard InChI is InChI=1S/C12H20N2O2/c1-2-3-6-9-14-11(16)12(10(15)13-14)7-4-5-8-12/h2-9H2,1H3,(H,13,15). The summed E-state index contributed by atoms with van der Waals surface area (Å²) in [7, 11) is 0. The van der Waals surface area contributed by atoms with Crippen LogP contribution < -0.4 is 5.43 Å². The summed E-state index contributed by atoms with van der Waals surface area (Å²) in [6.07, 6.45) is 6.68. The first-order valence-corrected chi connectivity index (χ1v) is 6.34. The summed E-state index contributed by atoms with van der Waals surface area (Å²) in [5, 5.41) is 1.54. The van der Waals surface area contributed by atoms with Gasteiger partial charge in [-0.25, -0.2) is 0 Å². The van der Waals surface area contributed by atoms with Gasteiger partial charge in [-0.1, -0.05) is 32.6 Å². The van der Waals surface area contributed by atoms with Gasteiger partial charge >= 0.3 is 0 Å². The summed E-state index contributed by atoms with van der Waals surface area (Å²) < 4.78 is 0. The Morgan fingerprint density at radius 2 is 1.94 bits per heavy atom. The Morgan fingerprint density at radius 3 is 2.56 bits per heavy atom. The van der Waals surface area contributed by atoms with E-state index in [9.17, 15) is 9.59 Å². The van der Waals surface area contributed by atoms with Crippen LogP contribution >= 0.6 is 0 Å². The van der Waals surface area contributed by atoms with Gasteiger partial charge in [0.2, 0.25) is 0 Å². The highest BCUT2D eigenvalue weighted by atomic mass is 16.2. The van der Waals surface area contributed by atoms with Crippen LogP contribution in [0.15, 0.2) is 0 Å². The van der Waals surface area contributed by atoms with E-state index in [4.69, 9.17) is 0 Å². The molecule has 16 heavy (non-hydrogen) atoms. The van der Waals surface area contributed by atoms with Crippen molar-refractivity contribution >= 4 is 11.8 Å². The lowest BCUT2D eigenvalue weighted by Crippen LogP contribution is -2.37. The molecule has 4 heteroatoms. The largest absolute Gasteiger partial charge is 0.272 e. The third kappa shape index (κ3) is 1.70. The van der Waals surface area contributed by atoms with Crippen molar-refractivity contribution in [2.75, 3.05) is 6.54 Å². The molecule has 0 radical (unpaired) electrons. The zero-order chi connectivity index (χ0) is 11.6. The number of nitrogens with one attached hydrogen (secondary N) is 1. The number of hydrogen-bond acceptors (Lipinski definition) is 2. The van der Waals surface area contributed by atoms with Crippen molar-refractivity contribution in [1.29, 1.82) is 0 Å². The van der Waals surface area contributed by atoms with Gasteiger partial charge in [0.05, 0.1) is 0 Å². The Hall–Kier alpha value is -1.06. The second-order valence-electron chi connectivity index (χ2n) is 4.89. The zero-order valence-corrected chi connectivity index (χ0v) is 9.92. The molecule has 1 saturated heterocycles. The second kappa shape index (κ2) is 4.44. The topological polar surface area (TPSA) is 49.4 Å². The van der Waals surface area contributed by atoms with E-state index >= 15 is 0 Å². The van der Waals surface area contributed by atoms with Gasteiger partial charge in [-0.05, 0) is 19.3 Å². The van der Waals surface area contributed by atoms with E-state index in [1.807, 2.05) is 0 Å². The molecule has 2 rings (SSSR count). The molecule has 2 amide bonds. The van der Waals surface area contributed by atoms with Crippen molar-refractivity contribution in [3.63, 3.8) is 0 Å². The third-order valence-electron chi connectivity index (χ3n) is 3.77. The number of nitrogens with zero attached hydrogens (tertiary/aromatic N) is 1. The van der Waals surface area contributed by atoms with Crippen molar-refractivity contribution in [3.05, 3.63) is 0 Å². The highest BCUT2D eigenvalue weighted by molar-refractivity contribution is 6.09. The Labute approximate surface area is 96.3 Å². The summed E-state index contributed by atoms with van der Waals surface area (Å²) in [6.45, 7) is 2.79. The van der Waals surface area contributed by atoms with Crippen LogP contribution in [0.5, 0.6) is 0 Å². The van der Waals surface area contributed by atoms with Gasteiger partial charge in [0.1, 0.15) is 5.41 Å². The molecule has 1 N–H and O–H groups in total. The minimum atomic E-state index is -0.688. The fourth-order valence-corrected chi connectivity index (χ4v) is 2.73. The minimum absolute atomic E-state index is 0.0195. The van der Waals surface area contributed by atoms with Crippen LogP contribution in [0.4, 0.5) is 0 Å². The molecule has 0 aromatic carbocycles. The Kier molecular flexibility index (Phi) is 3.17. The molecule has 2 aliphatic rings. The van der Waals surface area contributed by atoms with Crippen molar-refractivity contribution in [3.8, 4) is 0 Å².